The van der Waals surface area contributed by atoms with Crippen LogP contribution in [0.3, 0.4) is 0 Å². The van der Waals surface area contributed by atoms with Crippen molar-refractivity contribution < 1.29 is 10.2 Å². The van der Waals surface area contributed by atoms with E-state index in [1.165, 1.54) is 43.8 Å². The average molecular weight is 433 g/mol. The van der Waals surface area contributed by atoms with Crippen molar-refractivity contribution in [2.24, 2.45) is 11.3 Å². The maximum absolute atomic E-state index is 10.5. The van der Waals surface area contributed by atoms with Crippen molar-refractivity contribution in [3.8, 4) is 11.1 Å². The highest BCUT2D eigenvalue weighted by atomic mass is 16.3. The topological polar surface area (TPSA) is 40.5 Å². The molecule has 0 amide bonds. The Balaban J connectivity index is 1.71. The molecule has 3 aliphatic rings. The highest BCUT2D eigenvalue weighted by Crippen LogP contribution is 2.60. The zero-order chi connectivity index (χ0) is 22.4. The van der Waals surface area contributed by atoms with Crippen LogP contribution in [0, 0.1) is 11.3 Å². The van der Waals surface area contributed by atoms with Crippen LogP contribution in [-0.2, 0) is 0 Å². The molecule has 164 valence electrons. The van der Waals surface area contributed by atoms with E-state index in [0.29, 0.717) is 12.8 Å². The minimum Gasteiger partial charge on any atom is -0.396 e. The second-order valence-corrected chi connectivity index (χ2v) is 9.35. The largest absolute Gasteiger partial charge is 0.396 e. The van der Waals surface area contributed by atoms with Crippen molar-refractivity contribution in [2.75, 3.05) is 13.2 Å². The predicted octanol–water partition coefficient (Wildman–Crippen LogP) is 4.31. The van der Waals surface area contributed by atoms with Gasteiger partial charge in [0.25, 0.3) is 0 Å². The molecule has 0 saturated heterocycles. The molecule has 0 radical (unpaired) electrons. The molecule has 3 aliphatic carbocycles. The predicted molar refractivity (Wildman–Crippen MR) is 134 cm³/mol. The lowest BCUT2D eigenvalue weighted by Gasteiger charge is -2.44. The number of fused-ring (bicyclic) bond motifs is 5. The Morgan fingerprint density at radius 2 is 1.24 bits per heavy atom. The normalized spacial score (nSPS) is 18.3. The van der Waals surface area contributed by atoms with Crippen LogP contribution in [0.1, 0.15) is 29.9 Å². The van der Waals surface area contributed by atoms with E-state index in [9.17, 15) is 10.2 Å². The Bertz CT molecular complexity index is 1360. The first kappa shape index (κ1) is 20.4. The Hall–Kier alpha value is -3.20. The third-order valence-corrected chi connectivity index (χ3v) is 7.90. The van der Waals surface area contributed by atoms with E-state index in [2.05, 4.69) is 97.1 Å². The van der Waals surface area contributed by atoms with Gasteiger partial charge in [0.1, 0.15) is 0 Å². The maximum atomic E-state index is 10.5. The summed E-state index contributed by atoms with van der Waals surface area (Å²) >= 11 is 0. The Morgan fingerprint density at radius 1 is 0.667 bits per heavy atom. The van der Waals surface area contributed by atoms with E-state index < -0.39 is 5.41 Å². The Labute approximate surface area is 194 Å². The molecule has 0 spiro atoms. The molecule has 0 saturated carbocycles. The molecule has 1 atom stereocenters. The monoisotopic (exact) mass is 432 g/mol. The molecule has 0 heterocycles. The maximum Gasteiger partial charge on any atom is 0.0439 e. The molecule has 6 rings (SSSR count). The highest BCUT2D eigenvalue weighted by molar-refractivity contribution is 5.86. The van der Waals surface area contributed by atoms with E-state index >= 15 is 0 Å². The standard InChI is InChI=1S/C31H28O2/c32-19-17-31(18-20-33,29-25-13-5-1-9-21(25)22-10-2-6-14-26(22)29)30-27-15-7-3-11-23(27)24-12-4-8-16-28(24)30/h1-16,25,30,32-33H,17-20H2. The molecule has 0 fully saturated rings. The summed E-state index contributed by atoms with van der Waals surface area (Å²) in [6.45, 7) is 0.155. The fourth-order valence-corrected chi connectivity index (χ4v) is 6.75. The van der Waals surface area contributed by atoms with Gasteiger partial charge in [0, 0.05) is 30.5 Å². The second-order valence-electron chi connectivity index (χ2n) is 9.35. The van der Waals surface area contributed by atoms with Crippen molar-refractivity contribution in [1.29, 1.82) is 0 Å². The summed E-state index contributed by atoms with van der Waals surface area (Å²) in [5.74, 6) is 0.233. The van der Waals surface area contributed by atoms with Crippen LogP contribution in [0.15, 0.2) is 97.1 Å². The summed E-state index contributed by atoms with van der Waals surface area (Å²) in [4.78, 5) is 0. The first-order chi connectivity index (χ1) is 16.3. The summed E-state index contributed by atoms with van der Waals surface area (Å²) in [6.07, 6.45) is 9.99. The first-order valence-corrected chi connectivity index (χ1v) is 11.9. The number of hydrogen-bond donors (Lipinski definition) is 2. The van der Waals surface area contributed by atoms with Gasteiger partial charge < -0.3 is 10.2 Å². The van der Waals surface area contributed by atoms with E-state index in [4.69, 9.17) is 0 Å². The van der Waals surface area contributed by atoms with E-state index in [1.54, 1.807) is 0 Å². The molecule has 2 nitrogen and oxygen atoms in total. The number of allylic oxidation sites excluding steroid dienone is 4. The van der Waals surface area contributed by atoms with Crippen LogP contribution in [0.25, 0.3) is 22.3 Å². The van der Waals surface area contributed by atoms with E-state index in [-0.39, 0.29) is 25.0 Å². The fourth-order valence-electron chi connectivity index (χ4n) is 6.75. The molecule has 33 heavy (non-hydrogen) atoms. The van der Waals surface area contributed by atoms with Gasteiger partial charge in [-0.25, -0.2) is 0 Å². The molecule has 3 aromatic rings. The summed E-state index contributed by atoms with van der Waals surface area (Å²) in [7, 11) is 0. The Kier molecular flexibility index (Phi) is 4.94. The summed E-state index contributed by atoms with van der Waals surface area (Å²) in [6, 6.07) is 26.0. The van der Waals surface area contributed by atoms with Gasteiger partial charge in [0.2, 0.25) is 0 Å². The van der Waals surface area contributed by atoms with Gasteiger partial charge in [0.15, 0.2) is 0 Å². The van der Waals surface area contributed by atoms with Crippen LogP contribution in [-0.4, -0.2) is 23.4 Å². The smallest absolute Gasteiger partial charge is 0.0439 e. The Morgan fingerprint density at radius 3 is 1.88 bits per heavy atom. The molecule has 0 bridgehead atoms. The van der Waals surface area contributed by atoms with Gasteiger partial charge in [-0.15, -0.1) is 0 Å². The van der Waals surface area contributed by atoms with Gasteiger partial charge in [-0.05, 0) is 56.7 Å². The van der Waals surface area contributed by atoms with Crippen LogP contribution < -0.4 is 10.4 Å². The number of aliphatic hydroxyl groups excluding tert-OH is 2. The number of hydrogen-bond acceptors (Lipinski definition) is 2. The minimum absolute atomic E-state index is 0.0749. The third kappa shape index (κ3) is 2.88. The van der Waals surface area contributed by atoms with E-state index in [0.717, 1.165) is 0 Å². The first-order valence-electron chi connectivity index (χ1n) is 11.9. The van der Waals surface area contributed by atoms with Crippen molar-refractivity contribution in [3.05, 3.63) is 119 Å². The molecule has 0 aliphatic heterocycles. The molecule has 2 heteroatoms. The van der Waals surface area contributed by atoms with Crippen LogP contribution in [0.2, 0.25) is 0 Å². The minimum atomic E-state index is -0.412. The summed E-state index contributed by atoms with van der Waals surface area (Å²) < 4.78 is 0. The van der Waals surface area contributed by atoms with Crippen LogP contribution in [0.5, 0.6) is 0 Å². The van der Waals surface area contributed by atoms with Crippen molar-refractivity contribution >= 4 is 11.1 Å². The van der Waals surface area contributed by atoms with Gasteiger partial charge in [-0.3, -0.25) is 0 Å². The molecular formula is C31H28O2. The summed E-state index contributed by atoms with van der Waals surface area (Å²) in [5, 5.41) is 23.4. The van der Waals surface area contributed by atoms with Crippen LogP contribution >= 0.6 is 0 Å². The van der Waals surface area contributed by atoms with E-state index in [1.807, 2.05) is 0 Å². The molecule has 2 N–H and O–H groups in total. The number of rotatable bonds is 6. The average Bonchev–Trinajstić information content (AvgIpc) is 3.38. The molecule has 1 unspecified atom stereocenters. The highest BCUT2D eigenvalue weighted by Gasteiger charge is 2.50. The SMILES string of the molecule is OCCC(CCO)(C1=c2ccccc2=C2C=CC=CC21)C1c2ccccc2-c2ccccc21. The lowest BCUT2D eigenvalue weighted by molar-refractivity contribution is 0.161. The van der Waals surface area contributed by atoms with Gasteiger partial charge in [-0.2, -0.15) is 0 Å². The van der Waals surface area contributed by atoms with Crippen molar-refractivity contribution in [2.45, 2.75) is 18.8 Å². The second kappa shape index (κ2) is 7.98. The number of benzene rings is 3. The van der Waals surface area contributed by atoms with Crippen molar-refractivity contribution in [1.82, 2.24) is 0 Å². The lowest BCUT2D eigenvalue weighted by Crippen LogP contribution is -2.38. The zero-order valence-electron chi connectivity index (χ0n) is 18.6. The van der Waals surface area contributed by atoms with Crippen LogP contribution in [0.4, 0.5) is 0 Å². The third-order valence-electron chi connectivity index (χ3n) is 7.90. The number of aliphatic hydroxyl groups is 2. The molecule has 3 aromatic carbocycles. The lowest BCUT2D eigenvalue weighted by atomic mass is 9.59. The van der Waals surface area contributed by atoms with Gasteiger partial charge in [0.05, 0.1) is 0 Å². The summed E-state index contributed by atoms with van der Waals surface area (Å²) in [5.41, 5.74) is 7.39. The zero-order valence-corrected chi connectivity index (χ0v) is 18.6. The fraction of sp³-hybridized carbons (Fsp3) is 0.226. The van der Waals surface area contributed by atoms with Gasteiger partial charge in [-0.1, -0.05) is 97.1 Å². The molecular weight excluding hydrogens is 404 g/mol. The van der Waals surface area contributed by atoms with Gasteiger partial charge >= 0.3 is 0 Å². The van der Waals surface area contributed by atoms with Crippen molar-refractivity contribution in [3.63, 3.8) is 0 Å². The quantitative estimate of drug-likeness (QED) is 0.610. The molecule has 0 aromatic heterocycles.